The van der Waals surface area contributed by atoms with Crippen LogP contribution in [-0.4, -0.2) is 82.9 Å². The first-order valence-electron chi connectivity index (χ1n) is 19.0. The second kappa shape index (κ2) is 29.7. The lowest BCUT2D eigenvalue weighted by atomic mass is 10.1. The minimum absolute atomic E-state index is 0.0115. The Morgan fingerprint density at radius 1 is 0.492 bits per heavy atom. The van der Waals surface area contributed by atoms with Crippen molar-refractivity contribution in [3.63, 3.8) is 0 Å². The van der Waals surface area contributed by atoms with E-state index in [2.05, 4.69) is 19.7 Å². The Balaban J connectivity index is 0.00000286. The third-order valence-electron chi connectivity index (χ3n) is 7.82. The number of esters is 5. The van der Waals surface area contributed by atoms with E-state index in [4.69, 9.17) is 42.7 Å². The molecule has 0 bridgehead atoms. The van der Waals surface area contributed by atoms with Crippen LogP contribution >= 0.6 is 0 Å². The van der Waals surface area contributed by atoms with Crippen molar-refractivity contribution in [1.29, 1.82) is 0 Å². The van der Waals surface area contributed by atoms with Crippen LogP contribution in [0.3, 0.4) is 0 Å². The molecule has 0 aliphatic carbocycles. The molecule has 0 atom stereocenters. The SMILES string of the molecule is C=CC(=O)OCCCCCCOc1ccc(OC(=O)c2ccc(OC(=O)c3ccc(OCCCCCCOC(=O)C=C)cc3)cc2C(=O)OCCOC)cc1.C=CC=O. The molecule has 0 spiro atoms. The summed E-state index contributed by atoms with van der Waals surface area (Å²) in [4.78, 5) is 70.4. The van der Waals surface area contributed by atoms with E-state index < -0.39 is 29.8 Å². The average Bonchev–Trinajstić information content (AvgIpc) is 3.26. The summed E-state index contributed by atoms with van der Waals surface area (Å²) >= 11 is 0. The van der Waals surface area contributed by atoms with E-state index in [0.717, 1.165) is 63.5 Å². The first-order chi connectivity index (χ1) is 28.6. The highest BCUT2D eigenvalue weighted by atomic mass is 16.6. The van der Waals surface area contributed by atoms with Crippen molar-refractivity contribution in [3.05, 3.63) is 121 Å². The second-order valence-electron chi connectivity index (χ2n) is 12.3. The van der Waals surface area contributed by atoms with Gasteiger partial charge in [-0.2, -0.15) is 0 Å². The Bertz CT molecular complexity index is 1790. The maximum absolute atomic E-state index is 13.2. The number of hydrogen-bond donors (Lipinski definition) is 0. The summed E-state index contributed by atoms with van der Waals surface area (Å²) in [5.74, 6) is -1.80. The number of carbonyl (C=O) groups excluding carboxylic acids is 6. The van der Waals surface area contributed by atoms with Crippen molar-refractivity contribution >= 4 is 36.1 Å². The predicted molar refractivity (Wildman–Crippen MR) is 218 cm³/mol. The Morgan fingerprint density at radius 3 is 1.44 bits per heavy atom. The average molecular weight is 817 g/mol. The van der Waals surface area contributed by atoms with Crippen LogP contribution in [0, 0.1) is 0 Å². The third kappa shape index (κ3) is 20.4. The summed E-state index contributed by atoms with van der Waals surface area (Å²) in [6.45, 7) is 11.6. The summed E-state index contributed by atoms with van der Waals surface area (Å²) in [6, 6.07) is 16.8. The van der Waals surface area contributed by atoms with Gasteiger partial charge < -0.3 is 37.9 Å². The van der Waals surface area contributed by atoms with Crippen LogP contribution in [0.25, 0.3) is 0 Å². The van der Waals surface area contributed by atoms with Gasteiger partial charge in [0, 0.05) is 19.3 Å². The fraction of sp³-hybridized carbons (Fsp3) is 0.333. The molecule has 14 heteroatoms. The van der Waals surface area contributed by atoms with Gasteiger partial charge in [-0.1, -0.05) is 19.7 Å². The number of aldehydes is 1. The van der Waals surface area contributed by atoms with Gasteiger partial charge in [-0.15, -0.1) is 0 Å². The molecule has 0 aliphatic rings. The lowest BCUT2D eigenvalue weighted by Gasteiger charge is -2.12. The van der Waals surface area contributed by atoms with E-state index in [1.807, 2.05) is 0 Å². The second-order valence-corrected chi connectivity index (χ2v) is 12.3. The molecule has 3 aromatic carbocycles. The Morgan fingerprint density at radius 2 is 0.949 bits per heavy atom. The molecule has 0 radical (unpaired) electrons. The van der Waals surface area contributed by atoms with E-state index in [-0.39, 0.29) is 41.4 Å². The maximum atomic E-state index is 13.2. The first kappa shape index (κ1) is 48.6. The van der Waals surface area contributed by atoms with E-state index in [1.165, 1.54) is 31.4 Å². The standard InChI is InChI=1S/C42H48O13.C3H4O/c1-4-38(43)51-26-12-8-6-10-24-49-32-16-14-31(15-17-32)40(45)55-35-22-23-36(37(30-35)41(46)53-29-28-48-3)42(47)54-34-20-18-33(19-21-34)50-25-11-7-9-13-27-52-39(44)5-2;1-2-3-4/h4-5,14-23,30H,1-2,6-13,24-29H2,3H3;2-3H,1H2. The van der Waals surface area contributed by atoms with Crippen LogP contribution in [0.4, 0.5) is 0 Å². The zero-order valence-corrected chi connectivity index (χ0v) is 33.4. The molecule has 0 saturated heterocycles. The molecule has 0 heterocycles. The van der Waals surface area contributed by atoms with Crippen molar-refractivity contribution < 1.29 is 66.7 Å². The summed E-state index contributed by atoms with van der Waals surface area (Å²) in [7, 11) is 1.46. The number of ether oxygens (including phenoxy) is 8. The molecule has 0 unspecified atom stereocenters. The molecule has 3 aromatic rings. The van der Waals surface area contributed by atoms with E-state index in [9.17, 15) is 24.0 Å². The van der Waals surface area contributed by atoms with Crippen molar-refractivity contribution in [2.24, 2.45) is 0 Å². The Labute approximate surface area is 344 Å². The van der Waals surface area contributed by atoms with Crippen LogP contribution in [0.15, 0.2) is 105 Å². The molecule has 0 N–H and O–H groups in total. The maximum Gasteiger partial charge on any atom is 0.344 e. The van der Waals surface area contributed by atoms with Crippen LogP contribution < -0.4 is 18.9 Å². The van der Waals surface area contributed by atoms with Crippen molar-refractivity contribution in [2.45, 2.75) is 51.4 Å². The Hall–Kier alpha value is -6.54. The minimum Gasteiger partial charge on any atom is -0.494 e. The monoisotopic (exact) mass is 816 g/mol. The quantitative estimate of drug-likeness (QED) is 0.0183. The van der Waals surface area contributed by atoms with Gasteiger partial charge in [0.05, 0.1) is 49.7 Å². The molecule has 316 valence electrons. The first-order valence-corrected chi connectivity index (χ1v) is 19.0. The fourth-order valence-electron chi connectivity index (χ4n) is 4.81. The van der Waals surface area contributed by atoms with Gasteiger partial charge in [0.15, 0.2) is 0 Å². The highest BCUT2D eigenvalue weighted by Crippen LogP contribution is 2.24. The third-order valence-corrected chi connectivity index (χ3v) is 7.82. The largest absolute Gasteiger partial charge is 0.494 e. The molecule has 0 amide bonds. The zero-order chi connectivity index (χ0) is 43.1. The normalized spacial score (nSPS) is 10.1. The van der Waals surface area contributed by atoms with Crippen LogP contribution in [0.1, 0.15) is 82.4 Å². The van der Waals surface area contributed by atoms with Gasteiger partial charge in [-0.05, 0) is 124 Å². The number of unbranched alkanes of at least 4 members (excludes halogenated alkanes) is 6. The van der Waals surface area contributed by atoms with Crippen molar-refractivity contribution in [1.82, 2.24) is 0 Å². The minimum atomic E-state index is -0.832. The zero-order valence-electron chi connectivity index (χ0n) is 33.4. The predicted octanol–water partition coefficient (Wildman–Crippen LogP) is 7.64. The van der Waals surface area contributed by atoms with E-state index in [1.54, 1.807) is 48.5 Å². The van der Waals surface area contributed by atoms with Gasteiger partial charge in [-0.3, -0.25) is 4.79 Å². The molecule has 0 aromatic heterocycles. The van der Waals surface area contributed by atoms with Gasteiger partial charge in [0.2, 0.25) is 0 Å². The molecule has 59 heavy (non-hydrogen) atoms. The highest BCUT2D eigenvalue weighted by Gasteiger charge is 2.22. The van der Waals surface area contributed by atoms with Crippen LogP contribution in [-0.2, 0) is 33.3 Å². The van der Waals surface area contributed by atoms with Crippen molar-refractivity contribution in [3.8, 4) is 23.0 Å². The number of rotatable bonds is 27. The van der Waals surface area contributed by atoms with Crippen molar-refractivity contribution in [2.75, 3.05) is 46.8 Å². The van der Waals surface area contributed by atoms with E-state index >= 15 is 0 Å². The number of allylic oxidation sites excluding steroid dienone is 1. The number of carbonyl (C=O) groups is 6. The molecule has 3 rings (SSSR count). The molecular formula is C45H52O14. The lowest BCUT2D eigenvalue weighted by Crippen LogP contribution is -2.18. The molecule has 14 nitrogen and oxygen atoms in total. The molecule has 0 fully saturated rings. The molecule has 0 aliphatic heterocycles. The lowest BCUT2D eigenvalue weighted by molar-refractivity contribution is -0.138. The van der Waals surface area contributed by atoms with Gasteiger partial charge in [0.25, 0.3) is 0 Å². The number of methoxy groups -OCH3 is 1. The van der Waals surface area contributed by atoms with E-state index in [0.29, 0.717) is 44.2 Å². The molecule has 0 saturated carbocycles. The van der Waals surface area contributed by atoms with Crippen LogP contribution in [0.2, 0.25) is 0 Å². The fourth-order valence-corrected chi connectivity index (χ4v) is 4.81. The summed E-state index contributed by atoms with van der Waals surface area (Å²) in [5, 5.41) is 0. The Kier molecular flexibility index (Phi) is 24.4. The topological polar surface area (TPSA) is 176 Å². The summed E-state index contributed by atoms with van der Waals surface area (Å²) in [6.07, 6.45) is 10.8. The van der Waals surface area contributed by atoms with Gasteiger partial charge >= 0.3 is 29.8 Å². The smallest absolute Gasteiger partial charge is 0.344 e. The summed E-state index contributed by atoms with van der Waals surface area (Å²) in [5.41, 5.74) is -0.0171. The van der Waals surface area contributed by atoms with Crippen LogP contribution in [0.5, 0.6) is 23.0 Å². The van der Waals surface area contributed by atoms with Gasteiger partial charge in [0.1, 0.15) is 35.9 Å². The number of benzene rings is 3. The number of hydrogen-bond acceptors (Lipinski definition) is 14. The van der Waals surface area contributed by atoms with Gasteiger partial charge in [-0.25, -0.2) is 24.0 Å². The summed E-state index contributed by atoms with van der Waals surface area (Å²) < 4.78 is 42.7. The molecular weight excluding hydrogens is 764 g/mol. The highest BCUT2D eigenvalue weighted by molar-refractivity contribution is 6.04.